The highest BCUT2D eigenvalue weighted by atomic mass is 35.5. The van der Waals surface area contributed by atoms with E-state index in [1.807, 2.05) is 0 Å². The molecular weight excluding hydrogens is 250 g/mol. The number of carboxylic acid groups (broad SMARTS) is 1. The Balaban J connectivity index is 3.52. The van der Waals surface area contributed by atoms with Crippen molar-refractivity contribution in [1.29, 1.82) is 0 Å². The van der Waals surface area contributed by atoms with Gasteiger partial charge in [0.25, 0.3) is 0 Å². The molecule has 0 aliphatic carbocycles. The first kappa shape index (κ1) is 11.4. The fraction of sp³-hybridized carbons (Fsp3) is 0.125. The Morgan fingerprint density at radius 3 is 2.36 bits per heavy atom. The van der Waals surface area contributed by atoms with Crippen molar-refractivity contribution in [2.75, 3.05) is 7.11 Å². The van der Waals surface area contributed by atoms with Crippen molar-refractivity contribution in [3.63, 3.8) is 0 Å². The number of ether oxygens (including phenoxy) is 1. The molecule has 0 fully saturated rings. The van der Waals surface area contributed by atoms with Crippen molar-refractivity contribution in [2.24, 2.45) is 0 Å². The van der Waals surface area contributed by atoms with Crippen molar-refractivity contribution in [2.45, 2.75) is 0 Å². The van der Waals surface area contributed by atoms with E-state index in [-0.39, 0.29) is 26.4 Å². The summed E-state index contributed by atoms with van der Waals surface area (Å²) >= 11 is 17.1. The van der Waals surface area contributed by atoms with Crippen molar-refractivity contribution < 1.29 is 14.6 Å². The van der Waals surface area contributed by atoms with E-state index in [9.17, 15) is 4.79 Å². The van der Waals surface area contributed by atoms with Crippen LogP contribution in [0.5, 0.6) is 5.75 Å². The molecule has 14 heavy (non-hydrogen) atoms. The molecule has 0 atom stereocenters. The van der Waals surface area contributed by atoms with E-state index in [4.69, 9.17) is 44.6 Å². The summed E-state index contributed by atoms with van der Waals surface area (Å²) in [6, 6.07) is 1.28. The number of hydrogen-bond acceptors (Lipinski definition) is 2. The van der Waals surface area contributed by atoms with Gasteiger partial charge in [-0.3, -0.25) is 0 Å². The van der Waals surface area contributed by atoms with Gasteiger partial charge in [0.2, 0.25) is 0 Å². The summed E-state index contributed by atoms with van der Waals surface area (Å²) in [5, 5.41) is 8.84. The zero-order chi connectivity index (χ0) is 10.9. The van der Waals surface area contributed by atoms with Gasteiger partial charge >= 0.3 is 5.97 Å². The van der Waals surface area contributed by atoms with E-state index in [2.05, 4.69) is 0 Å². The Morgan fingerprint density at radius 2 is 1.93 bits per heavy atom. The van der Waals surface area contributed by atoms with Crippen LogP contribution in [0.4, 0.5) is 0 Å². The molecule has 0 spiro atoms. The number of carboxylic acids is 1. The van der Waals surface area contributed by atoms with E-state index in [0.717, 1.165) is 0 Å². The molecule has 1 rings (SSSR count). The zero-order valence-electron chi connectivity index (χ0n) is 6.97. The zero-order valence-corrected chi connectivity index (χ0v) is 9.24. The highest BCUT2D eigenvalue weighted by molar-refractivity contribution is 6.43. The highest BCUT2D eigenvalue weighted by Gasteiger charge is 2.20. The first-order valence-corrected chi connectivity index (χ1v) is 4.57. The molecule has 0 amide bonds. The summed E-state index contributed by atoms with van der Waals surface area (Å²) < 4.78 is 4.84. The first-order chi connectivity index (χ1) is 6.49. The standard InChI is InChI=1S/C8H5Cl3O3/c1-14-7-4(10)2-3(9)5(6(7)11)8(12)13/h2H,1H3,(H,12,13). The Kier molecular flexibility index (Phi) is 3.48. The fourth-order valence-electron chi connectivity index (χ4n) is 0.955. The van der Waals surface area contributed by atoms with Gasteiger partial charge in [0.1, 0.15) is 10.6 Å². The van der Waals surface area contributed by atoms with E-state index in [0.29, 0.717) is 0 Å². The summed E-state index contributed by atoms with van der Waals surface area (Å²) in [6.07, 6.45) is 0. The third-order valence-electron chi connectivity index (χ3n) is 1.55. The smallest absolute Gasteiger partial charge is 0.338 e. The number of aromatic carboxylic acids is 1. The Hall–Kier alpha value is -0.640. The molecule has 1 aromatic rings. The Morgan fingerprint density at radius 1 is 1.36 bits per heavy atom. The van der Waals surface area contributed by atoms with Gasteiger partial charge in [-0.05, 0) is 6.07 Å². The van der Waals surface area contributed by atoms with E-state index in [1.54, 1.807) is 0 Å². The molecule has 1 aromatic carbocycles. The van der Waals surface area contributed by atoms with Gasteiger partial charge in [-0.25, -0.2) is 4.79 Å². The van der Waals surface area contributed by atoms with E-state index < -0.39 is 5.97 Å². The van der Waals surface area contributed by atoms with Crippen LogP contribution in [0.3, 0.4) is 0 Å². The predicted molar refractivity (Wildman–Crippen MR) is 55.0 cm³/mol. The molecule has 1 N–H and O–H groups in total. The van der Waals surface area contributed by atoms with Crippen molar-refractivity contribution >= 4 is 40.8 Å². The van der Waals surface area contributed by atoms with Crippen LogP contribution >= 0.6 is 34.8 Å². The molecule has 6 heteroatoms. The van der Waals surface area contributed by atoms with Gasteiger partial charge in [-0.2, -0.15) is 0 Å². The molecule has 0 aromatic heterocycles. The molecule has 76 valence electrons. The summed E-state index contributed by atoms with van der Waals surface area (Å²) in [5.41, 5.74) is -0.213. The molecule has 0 aliphatic rings. The highest BCUT2D eigenvalue weighted by Crippen LogP contribution is 2.39. The van der Waals surface area contributed by atoms with Gasteiger partial charge in [0.15, 0.2) is 5.75 Å². The van der Waals surface area contributed by atoms with Crippen LogP contribution < -0.4 is 4.74 Å². The number of hydrogen-bond donors (Lipinski definition) is 1. The lowest BCUT2D eigenvalue weighted by Crippen LogP contribution is -2.00. The monoisotopic (exact) mass is 254 g/mol. The van der Waals surface area contributed by atoms with Gasteiger partial charge in [0, 0.05) is 0 Å². The lowest BCUT2D eigenvalue weighted by atomic mass is 10.2. The van der Waals surface area contributed by atoms with Gasteiger partial charge in [-0.1, -0.05) is 34.8 Å². The lowest BCUT2D eigenvalue weighted by Gasteiger charge is -2.09. The normalized spacial score (nSPS) is 10.0. The van der Waals surface area contributed by atoms with Crippen LogP contribution in [0.15, 0.2) is 6.07 Å². The van der Waals surface area contributed by atoms with E-state index >= 15 is 0 Å². The van der Waals surface area contributed by atoms with Crippen molar-refractivity contribution in [3.8, 4) is 5.75 Å². The number of halogens is 3. The minimum absolute atomic E-state index is 0.0201. The Labute approximate surface area is 95.1 Å². The number of methoxy groups -OCH3 is 1. The van der Waals surface area contributed by atoms with E-state index in [1.165, 1.54) is 13.2 Å². The largest absolute Gasteiger partial charge is 0.494 e. The second-order valence-corrected chi connectivity index (χ2v) is 3.56. The third-order valence-corrected chi connectivity index (χ3v) is 2.49. The van der Waals surface area contributed by atoms with Crippen molar-refractivity contribution in [1.82, 2.24) is 0 Å². The summed E-state index contributed by atoms with van der Waals surface area (Å²) in [4.78, 5) is 10.8. The number of benzene rings is 1. The first-order valence-electron chi connectivity index (χ1n) is 3.43. The molecule has 0 radical (unpaired) electrons. The molecule has 3 nitrogen and oxygen atoms in total. The van der Waals surface area contributed by atoms with Crippen molar-refractivity contribution in [3.05, 3.63) is 26.7 Å². The molecule has 0 unspecified atom stereocenters. The van der Waals surface area contributed by atoms with Gasteiger partial charge in [0.05, 0.1) is 17.2 Å². The SMILES string of the molecule is COc1c(Cl)cc(Cl)c(C(=O)O)c1Cl. The van der Waals surface area contributed by atoms with Crippen LogP contribution in [0, 0.1) is 0 Å². The second kappa shape index (κ2) is 4.26. The number of rotatable bonds is 2. The second-order valence-electron chi connectivity index (χ2n) is 2.37. The van der Waals surface area contributed by atoms with Crippen LogP contribution in [0.1, 0.15) is 10.4 Å². The average molecular weight is 255 g/mol. The molecule has 0 heterocycles. The summed E-state index contributed by atoms with van der Waals surface area (Å²) in [5.74, 6) is -1.12. The minimum atomic E-state index is -1.23. The molecule has 0 saturated carbocycles. The molecular formula is C8H5Cl3O3. The van der Waals surface area contributed by atoms with Gasteiger partial charge < -0.3 is 9.84 Å². The third kappa shape index (κ3) is 1.90. The average Bonchev–Trinajstić information content (AvgIpc) is 2.02. The number of carbonyl (C=O) groups is 1. The molecule has 0 aliphatic heterocycles. The van der Waals surface area contributed by atoms with Gasteiger partial charge in [-0.15, -0.1) is 0 Å². The van der Waals surface area contributed by atoms with Crippen LogP contribution in [-0.2, 0) is 0 Å². The van der Waals surface area contributed by atoms with Crippen LogP contribution in [0.25, 0.3) is 0 Å². The molecule has 0 saturated heterocycles. The topological polar surface area (TPSA) is 46.5 Å². The maximum absolute atomic E-state index is 10.8. The summed E-state index contributed by atoms with van der Waals surface area (Å²) in [6.45, 7) is 0. The lowest BCUT2D eigenvalue weighted by molar-refractivity contribution is 0.0697. The fourth-order valence-corrected chi connectivity index (χ4v) is 2.03. The minimum Gasteiger partial charge on any atom is -0.494 e. The quantitative estimate of drug-likeness (QED) is 0.881. The predicted octanol–water partition coefficient (Wildman–Crippen LogP) is 3.35. The Bertz CT molecular complexity index is 390. The van der Waals surface area contributed by atoms with Crippen LogP contribution in [-0.4, -0.2) is 18.2 Å². The maximum atomic E-state index is 10.8. The maximum Gasteiger partial charge on any atom is 0.338 e. The van der Waals surface area contributed by atoms with Crippen LogP contribution in [0.2, 0.25) is 15.1 Å². The molecule has 0 bridgehead atoms. The summed E-state index contributed by atoms with van der Waals surface area (Å²) in [7, 11) is 1.34.